The normalized spacial score (nSPS) is 11.8. The van der Waals surface area contributed by atoms with Crippen LogP contribution in [0, 0.1) is 0 Å². The van der Waals surface area contributed by atoms with Crippen molar-refractivity contribution in [3.8, 4) is 28.7 Å². The summed E-state index contributed by atoms with van der Waals surface area (Å²) in [4.78, 5) is 15.0. The van der Waals surface area contributed by atoms with Gasteiger partial charge in [0, 0.05) is 38.1 Å². The first-order valence-corrected chi connectivity index (χ1v) is 14.0. The lowest BCUT2D eigenvalue weighted by atomic mass is 10.0. The third-order valence-corrected chi connectivity index (χ3v) is 8.04. The van der Waals surface area contributed by atoms with Gasteiger partial charge in [-0.25, -0.2) is 4.98 Å². The molecule has 0 unspecified atom stereocenters. The molecule has 9 rings (SSSR count). The first-order valence-electron chi connectivity index (χ1n) is 14.0. The van der Waals surface area contributed by atoms with Crippen LogP contribution in [0.1, 0.15) is 0 Å². The van der Waals surface area contributed by atoms with Crippen molar-refractivity contribution in [3.05, 3.63) is 133 Å². The average Bonchev–Trinajstić information content (AvgIpc) is 3.60. The zero-order valence-electron chi connectivity index (χ0n) is 22.4. The van der Waals surface area contributed by atoms with Gasteiger partial charge in [0.05, 0.1) is 11.0 Å². The van der Waals surface area contributed by atoms with Crippen LogP contribution in [0.15, 0.2) is 138 Å². The van der Waals surface area contributed by atoms with Crippen LogP contribution in [0.3, 0.4) is 0 Å². The van der Waals surface area contributed by atoms with Crippen molar-refractivity contribution in [2.45, 2.75) is 0 Å². The second kappa shape index (κ2) is 8.85. The molecule has 0 spiro atoms. The lowest BCUT2D eigenvalue weighted by molar-refractivity contribution is 0.672. The summed E-state index contributed by atoms with van der Waals surface area (Å²) in [6.45, 7) is 0. The monoisotopic (exact) mass is 538 g/mol. The Morgan fingerprint density at radius 1 is 0.452 bits per heavy atom. The molecular formula is C37H22N4O. The number of para-hydroxylation sites is 2. The number of fused-ring (bicyclic) bond motifs is 8. The fourth-order valence-corrected chi connectivity index (χ4v) is 6.08. The number of rotatable bonds is 3. The van der Waals surface area contributed by atoms with Gasteiger partial charge in [-0.15, -0.1) is 0 Å². The molecule has 3 aromatic heterocycles. The maximum Gasteiger partial charge on any atom is 0.238 e. The molecule has 0 N–H and O–H groups in total. The second-order valence-corrected chi connectivity index (χ2v) is 10.5. The highest BCUT2D eigenvalue weighted by Crippen LogP contribution is 2.39. The minimum Gasteiger partial charge on any atom is -0.455 e. The summed E-state index contributed by atoms with van der Waals surface area (Å²) >= 11 is 0. The van der Waals surface area contributed by atoms with E-state index in [4.69, 9.17) is 19.4 Å². The van der Waals surface area contributed by atoms with Crippen molar-refractivity contribution in [3.63, 3.8) is 0 Å². The molecule has 42 heavy (non-hydrogen) atoms. The van der Waals surface area contributed by atoms with Gasteiger partial charge in [0.15, 0.2) is 11.6 Å². The summed E-state index contributed by atoms with van der Waals surface area (Å²) in [5.74, 6) is 1.83. The Kier molecular flexibility index (Phi) is 4.83. The van der Waals surface area contributed by atoms with Gasteiger partial charge in [0.25, 0.3) is 0 Å². The van der Waals surface area contributed by atoms with Crippen LogP contribution in [0.2, 0.25) is 0 Å². The molecule has 0 fully saturated rings. The second-order valence-electron chi connectivity index (χ2n) is 10.5. The van der Waals surface area contributed by atoms with E-state index in [1.54, 1.807) is 0 Å². The van der Waals surface area contributed by atoms with Gasteiger partial charge in [-0.1, -0.05) is 103 Å². The van der Waals surface area contributed by atoms with Crippen molar-refractivity contribution in [1.29, 1.82) is 0 Å². The molecule has 3 heterocycles. The zero-order valence-corrected chi connectivity index (χ0v) is 22.4. The van der Waals surface area contributed by atoms with Crippen LogP contribution in [-0.2, 0) is 0 Å². The minimum absolute atomic E-state index is 0.574. The van der Waals surface area contributed by atoms with E-state index in [1.165, 1.54) is 0 Å². The number of aromatic nitrogens is 4. The van der Waals surface area contributed by atoms with E-state index in [9.17, 15) is 0 Å². The smallest absolute Gasteiger partial charge is 0.238 e. The number of hydrogen-bond donors (Lipinski definition) is 0. The predicted molar refractivity (Wildman–Crippen MR) is 170 cm³/mol. The predicted octanol–water partition coefficient (Wildman–Crippen LogP) is 9.36. The van der Waals surface area contributed by atoms with E-state index >= 15 is 0 Å². The highest BCUT2D eigenvalue weighted by atomic mass is 16.3. The Morgan fingerprint density at radius 2 is 1.10 bits per heavy atom. The maximum absolute atomic E-state index is 6.44. The maximum atomic E-state index is 6.44. The highest BCUT2D eigenvalue weighted by Gasteiger charge is 2.19. The number of furan rings is 1. The molecule has 0 aliphatic carbocycles. The lowest BCUT2D eigenvalue weighted by Crippen LogP contribution is -2.06. The molecule has 6 aromatic carbocycles. The fourth-order valence-electron chi connectivity index (χ4n) is 6.08. The van der Waals surface area contributed by atoms with Crippen molar-refractivity contribution in [2.75, 3.05) is 0 Å². The molecule has 5 heteroatoms. The summed E-state index contributed by atoms with van der Waals surface area (Å²) in [6.07, 6.45) is 0. The molecule has 0 bridgehead atoms. The molecule has 5 nitrogen and oxygen atoms in total. The van der Waals surface area contributed by atoms with Gasteiger partial charge >= 0.3 is 0 Å². The summed E-state index contributed by atoms with van der Waals surface area (Å²) in [5, 5.41) is 6.69. The zero-order chi connectivity index (χ0) is 27.6. The molecule has 196 valence electrons. The average molecular weight is 539 g/mol. The van der Waals surface area contributed by atoms with E-state index in [0.717, 1.165) is 65.6 Å². The summed E-state index contributed by atoms with van der Waals surface area (Å²) in [5.41, 5.74) is 5.70. The lowest BCUT2D eigenvalue weighted by Gasteiger charge is -2.11. The van der Waals surface area contributed by atoms with Crippen LogP contribution in [-0.4, -0.2) is 19.5 Å². The van der Waals surface area contributed by atoms with Crippen molar-refractivity contribution in [2.24, 2.45) is 0 Å². The van der Waals surface area contributed by atoms with Crippen LogP contribution >= 0.6 is 0 Å². The van der Waals surface area contributed by atoms with Crippen LogP contribution in [0.5, 0.6) is 0 Å². The van der Waals surface area contributed by atoms with Gasteiger partial charge in [-0.3, -0.25) is 4.57 Å². The third kappa shape index (κ3) is 3.40. The van der Waals surface area contributed by atoms with E-state index in [-0.39, 0.29) is 0 Å². The summed E-state index contributed by atoms with van der Waals surface area (Å²) in [6, 6.07) is 45.6. The van der Waals surface area contributed by atoms with Crippen LogP contribution < -0.4 is 0 Å². The number of nitrogens with zero attached hydrogens (tertiary/aromatic N) is 4. The number of hydrogen-bond acceptors (Lipinski definition) is 4. The molecular weight excluding hydrogens is 516 g/mol. The molecule has 9 aromatic rings. The highest BCUT2D eigenvalue weighted by molar-refractivity contribution is 6.20. The van der Waals surface area contributed by atoms with Gasteiger partial charge < -0.3 is 4.42 Å². The largest absolute Gasteiger partial charge is 0.455 e. The van der Waals surface area contributed by atoms with Crippen molar-refractivity contribution < 1.29 is 4.42 Å². The molecule has 0 radical (unpaired) electrons. The molecule has 0 saturated carbocycles. The Hall–Kier alpha value is -5.81. The Bertz CT molecular complexity index is 2400. The Balaban J connectivity index is 1.40. The molecule has 0 amide bonds. The fraction of sp³-hybridized carbons (Fsp3) is 0. The molecule has 0 aliphatic rings. The quantitative estimate of drug-likeness (QED) is 0.225. The SMILES string of the molecule is c1ccc(-c2nc(-c3ccccc3)nc(-n3c4ccccc4c4cc5ccc6c7ccccc7oc6c5cc43)n2)cc1. The van der Waals surface area contributed by atoms with Crippen LogP contribution in [0.25, 0.3) is 83.2 Å². The first-order chi connectivity index (χ1) is 20.8. The Labute approximate surface area is 240 Å². The van der Waals surface area contributed by atoms with E-state index in [0.29, 0.717) is 17.6 Å². The minimum atomic E-state index is 0.574. The van der Waals surface area contributed by atoms with Crippen molar-refractivity contribution >= 4 is 54.5 Å². The first kappa shape index (κ1) is 22.9. The van der Waals surface area contributed by atoms with Gasteiger partial charge in [0.2, 0.25) is 5.95 Å². The summed E-state index contributed by atoms with van der Waals surface area (Å²) < 4.78 is 8.60. The van der Waals surface area contributed by atoms with E-state index < -0.39 is 0 Å². The molecule has 0 atom stereocenters. The van der Waals surface area contributed by atoms with E-state index in [2.05, 4.69) is 65.2 Å². The molecule has 0 aliphatic heterocycles. The number of benzene rings is 6. The Morgan fingerprint density at radius 3 is 1.83 bits per heavy atom. The van der Waals surface area contributed by atoms with Crippen molar-refractivity contribution in [1.82, 2.24) is 19.5 Å². The van der Waals surface area contributed by atoms with Crippen LogP contribution in [0.4, 0.5) is 0 Å². The standard InChI is InChI=1S/C37H22N4O/c1-3-11-23(12-4-1)35-38-36(24-13-5-2-6-14-24)40-37(39-35)41-31-17-9-7-15-26(31)30-21-25-19-20-28-27-16-8-10-18-33(27)42-34(28)29(25)22-32(30)41/h1-22H. The topological polar surface area (TPSA) is 56.7 Å². The third-order valence-electron chi connectivity index (χ3n) is 8.04. The van der Waals surface area contributed by atoms with Gasteiger partial charge in [0.1, 0.15) is 11.2 Å². The molecule has 0 saturated heterocycles. The van der Waals surface area contributed by atoms with E-state index in [1.807, 2.05) is 72.8 Å². The van der Waals surface area contributed by atoms with Gasteiger partial charge in [-0.2, -0.15) is 9.97 Å². The van der Waals surface area contributed by atoms with Gasteiger partial charge in [-0.05, 0) is 35.7 Å². The summed E-state index contributed by atoms with van der Waals surface area (Å²) in [7, 11) is 0.